The van der Waals surface area contributed by atoms with Gasteiger partial charge in [0.25, 0.3) is 0 Å². The second-order valence-corrected chi connectivity index (χ2v) is 4.44. The number of carbonyl (C=O) groups is 1. The Labute approximate surface area is 115 Å². The van der Waals surface area contributed by atoms with Crippen molar-refractivity contribution in [3.05, 3.63) is 54.4 Å². The van der Waals surface area contributed by atoms with Gasteiger partial charge < -0.3 is 11.5 Å². The molecule has 3 rings (SSSR count). The van der Waals surface area contributed by atoms with Crippen LogP contribution in [0.15, 0.2) is 48.8 Å². The Morgan fingerprint density at radius 3 is 2.60 bits per heavy atom. The number of amides is 1. The van der Waals surface area contributed by atoms with Crippen molar-refractivity contribution in [2.45, 2.75) is 0 Å². The van der Waals surface area contributed by atoms with E-state index in [4.69, 9.17) is 11.5 Å². The molecule has 0 aliphatic carbocycles. The molecular weight excluding hydrogens is 252 g/mol. The lowest BCUT2D eigenvalue weighted by molar-refractivity contribution is 0.100. The second kappa shape index (κ2) is 4.62. The molecule has 2 aromatic carbocycles. The van der Waals surface area contributed by atoms with E-state index in [9.17, 15) is 4.79 Å². The highest BCUT2D eigenvalue weighted by atomic mass is 16.1. The van der Waals surface area contributed by atoms with Crippen LogP contribution in [0.4, 0.5) is 5.82 Å². The van der Waals surface area contributed by atoms with Crippen molar-refractivity contribution in [2.75, 3.05) is 5.73 Å². The molecule has 0 aliphatic heterocycles. The summed E-state index contributed by atoms with van der Waals surface area (Å²) in [5, 5.41) is 1.91. The van der Waals surface area contributed by atoms with Crippen molar-refractivity contribution in [2.24, 2.45) is 5.73 Å². The van der Waals surface area contributed by atoms with E-state index < -0.39 is 5.91 Å². The lowest BCUT2D eigenvalue weighted by Crippen LogP contribution is -2.11. The highest BCUT2D eigenvalue weighted by Gasteiger charge is 2.10. The molecule has 0 saturated heterocycles. The quantitative estimate of drug-likeness (QED) is 0.739. The molecule has 0 unspecified atom stereocenters. The van der Waals surface area contributed by atoms with E-state index in [-0.39, 0.29) is 0 Å². The van der Waals surface area contributed by atoms with Gasteiger partial charge in [0, 0.05) is 17.2 Å². The van der Waals surface area contributed by atoms with Gasteiger partial charge in [-0.25, -0.2) is 9.97 Å². The molecule has 0 atom stereocenters. The maximum absolute atomic E-state index is 11.5. The van der Waals surface area contributed by atoms with Crippen molar-refractivity contribution in [1.29, 1.82) is 0 Å². The number of hydrogen-bond donors (Lipinski definition) is 2. The van der Waals surface area contributed by atoms with Gasteiger partial charge in [0.1, 0.15) is 12.1 Å². The fraction of sp³-hybridized carbons (Fsp3) is 0. The average molecular weight is 264 g/mol. The first-order chi connectivity index (χ1) is 9.65. The minimum absolute atomic E-state index is 0.378. The van der Waals surface area contributed by atoms with E-state index in [1.165, 1.54) is 6.33 Å². The Bertz CT molecular complexity index is 814. The first-order valence-corrected chi connectivity index (χ1v) is 6.05. The molecule has 0 bridgehead atoms. The largest absolute Gasteiger partial charge is 0.384 e. The molecule has 3 aromatic rings. The highest BCUT2D eigenvalue weighted by molar-refractivity contribution is 6.03. The lowest BCUT2D eigenvalue weighted by atomic mass is 9.98. The predicted octanol–water partition coefficient (Wildman–Crippen LogP) is 1.98. The molecule has 0 saturated carbocycles. The van der Waals surface area contributed by atoms with Crippen LogP contribution in [0.5, 0.6) is 0 Å². The molecule has 5 heteroatoms. The first kappa shape index (κ1) is 12.1. The van der Waals surface area contributed by atoms with E-state index >= 15 is 0 Å². The van der Waals surface area contributed by atoms with Crippen LogP contribution in [-0.2, 0) is 0 Å². The summed E-state index contributed by atoms with van der Waals surface area (Å²) in [7, 11) is 0. The van der Waals surface area contributed by atoms with Gasteiger partial charge in [0.15, 0.2) is 0 Å². The number of anilines is 1. The predicted molar refractivity (Wildman–Crippen MR) is 77.9 cm³/mol. The van der Waals surface area contributed by atoms with Gasteiger partial charge in [-0.2, -0.15) is 0 Å². The summed E-state index contributed by atoms with van der Waals surface area (Å²) in [5.41, 5.74) is 13.0. The lowest BCUT2D eigenvalue weighted by Gasteiger charge is -2.08. The van der Waals surface area contributed by atoms with E-state index in [1.807, 2.05) is 24.3 Å². The summed E-state index contributed by atoms with van der Waals surface area (Å²) >= 11 is 0. The van der Waals surface area contributed by atoms with E-state index in [2.05, 4.69) is 9.97 Å². The number of carbonyl (C=O) groups excluding carboxylic acids is 1. The minimum atomic E-state index is -0.473. The van der Waals surface area contributed by atoms with Crippen molar-refractivity contribution >= 4 is 22.5 Å². The van der Waals surface area contributed by atoms with Crippen LogP contribution in [0.2, 0.25) is 0 Å². The Morgan fingerprint density at radius 1 is 1.05 bits per heavy atom. The zero-order chi connectivity index (χ0) is 14.1. The zero-order valence-electron chi connectivity index (χ0n) is 10.6. The summed E-state index contributed by atoms with van der Waals surface area (Å²) in [6.45, 7) is 0. The van der Waals surface area contributed by atoms with Gasteiger partial charge in [0.2, 0.25) is 5.91 Å². The van der Waals surface area contributed by atoms with Crippen LogP contribution in [0.3, 0.4) is 0 Å². The standard InChI is InChI=1S/C15H12N4O/c16-14-7-13(18-8-19-14)12-6-10(15(17)20)5-9-3-1-2-4-11(9)12/h1-8H,(H2,17,20)(H2,16,18,19). The zero-order valence-corrected chi connectivity index (χ0v) is 10.6. The number of primary amides is 1. The van der Waals surface area contributed by atoms with Crippen LogP contribution in [0.25, 0.3) is 22.0 Å². The number of aromatic nitrogens is 2. The van der Waals surface area contributed by atoms with Gasteiger partial charge in [-0.15, -0.1) is 0 Å². The third-order valence-corrected chi connectivity index (χ3v) is 3.11. The molecule has 4 N–H and O–H groups in total. The molecule has 0 fully saturated rings. The Morgan fingerprint density at radius 2 is 1.85 bits per heavy atom. The maximum atomic E-state index is 11.5. The van der Waals surface area contributed by atoms with Crippen molar-refractivity contribution in [1.82, 2.24) is 9.97 Å². The van der Waals surface area contributed by atoms with Crippen molar-refractivity contribution in [3.63, 3.8) is 0 Å². The highest BCUT2D eigenvalue weighted by Crippen LogP contribution is 2.29. The summed E-state index contributed by atoms with van der Waals surface area (Å²) < 4.78 is 0. The number of nitrogens with two attached hydrogens (primary N) is 2. The van der Waals surface area contributed by atoms with E-state index in [0.717, 1.165) is 16.3 Å². The van der Waals surface area contributed by atoms with Crippen LogP contribution in [0.1, 0.15) is 10.4 Å². The molecule has 0 aliphatic rings. The van der Waals surface area contributed by atoms with Gasteiger partial charge in [-0.05, 0) is 22.9 Å². The van der Waals surface area contributed by atoms with Crippen LogP contribution in [0, 0.1) is 0 Å². The van der Waals surface area contributed by atoms with Crippen LogP contribution in [-0.4, -0.2) is 15.9 Å². The molecule has 0 radical (unpaired) electrons. The van der Waals surface area contributed by atoms with Gasteiger partial charge in [-0.3, -0.25) is 4.79 Å². The molecule has 1 aromatic heterocycles. The Balaban J connectivity index is 2.35. The summed E-state index contributed by atoms with van der Waals surface area (Å²) in [4.78, 5) is 19.6. The van der Waals surface area contributed by atoms with Crippen LogP contribution >= 0.6 is 0 Å². The monoisotopic (exact) mass is 264 g/mol. The Hall–Kier alpha value is -2.95. The second-order valence-electron chi connectivity index (χ2n) is 4.44. The number of rotatable bonds is 2. The normalized spacial score (nSPS) is 10.6. The minimum Gasteiger partial charge on any atom is -0.384 e. The van der Waals surface area contributed by atoms with Crippen molar-refractivity contribution in [3.8, 4) is 11.3 Å². The summed E-state index contributed by atoms with van der Waals surface area (Å²) in [6.07, 6.45) is 1.40. The fourth-order valence-electron chi connectivity index (χ4n) is 2.18. The number of benzene rings is 2. The molecule has 0 spiro atoms. The summed E-state index contributed by atoms with van der Waals surface area (Å²) in [6, 6.07) is 12.9. The van der Waals surface area contributed by atoms with Gasteiger partial charge >= 0.3 is 0 Å². The molecule has 1 amide bonds. The first-order valence-electron chi connectivity index (χ1n) is 6.05. The third-order valence-electron chi connectivity index (χ3n) is 3.11. The molecule has 20 heavy (non-hydrogen) atoms. The van der Waals surface area contributed by atoms with Crippen LogP contribution < -0.4 is 11.5 Å². The van der Waals surface area contributed by atoms with Gasteiger partial charge in [0.05, 0.1) is 5.69 Å². The number of fused-ring (bicyclic) bond motifs is 1. The van der Waals surface area contributed by atoms with Crippen molar-refractivity contribution < 1.29 is 4.79 Å². The average Bonchev–Trinajstić information content (AvgIpc) is 2.46. The number of hydrogen-bond acceptors (Lipinski definition) is 4. The van der Waals surface area contributed by atoms with E-state index in [1.54, 1.807) is 18.2 Å². The molecular formula is C15H12N4O. The summed E-state index contributed by atoms with van der Waals surface area (Å²) in [5.74, 6) is -0.0948. The third kappa shape index (κ3) is 2.05. The Kier molecular flexibility index (Phi) is 2.80. The number of nitrogen functional groups attached to an aromatic ring is 1. The maximum Gasteiger partial charge on any atom is 0.248 e. The SMILES string of the molecule is NC(=O)c1cc(-c2cc(N)ncn2)c2ccccc2c1. The molecule has 5 nitrogen and oxygen atoms in total. The van der Waals surface area contributed by atoms with E-state index in [0.29, 0.717) is 17.1 Å². The topological polar surface area (TPSA) is 94.9 Å². The molecule has 1 heterocycles. The fourth-order valence-corrected chi connectivity index (χ4v) is 2.18. The molecule has 98 valence electrons. The van der Waals surface area contributed by atoms with Gasteiger partial charge in [-0.1, -0.05) is 24.3 Å². The number of nitrogens with zero attached hydrogens (tertiary/aromatic N) is 2. The smallest absolute Gasteiger partial charge is 0.248 e.